The van der Waals surface area contributed by atoms with Crippen LogP contribution in [0.4, 0.5) is 5.69 Å². The molecule has 0 amide bonds. The lowest BCUT2D eigenvalue weighted by Crippen LogP contribution is -2.26. The van der Waals surface area contributed by atoms with E-state index in [2.05, 4.69) is 36.1 Å². The van der Waals surface area contributed by atoms with Crippen LogP contribution in [0.2, 0.25) is 0 Å². The number of benzene rings is 1. The van der Waals surface area contributed by atoms with Crippen LogP contribution in [-0.4, -0.2) is 19.1 Å². The zero-order valence-electron chi connectivity index (χ0n) is 9.45. The lowest BCUT2D eigenvalue weighted by Gasteiger charge is -2.18. The molecule has 0 spiro atoms. The summed E-state index contributed by atoms with van der Waals surface area (Å²) in [5, 5.41) is 0. The summed E-state index contributed by atoms with van der Waals surface area (Å²) in [4.78, 5) is 2.38. The minimum absolute atomic E-state index is 0.361. The Morgan fingerprint density at radius 3 is 2.60 bits per heavy atom. The first-order valence-corrected chi connectivity index (χ1v) is 5.89. The molecule has 82 valence electrons. The fraction of sp³-hybridized carbons (Fsp3) is 0.538. The SMILES string of the molecule is CCCc1ccc(N2CCC(N)C2)cc1. The Labute approximate surface area is 92.1 Å². The average Bonchev–Trinajstić information content (AvgIpc) is 2.67. The first-order chi connectivity index (χ1) is 7.29. The summed E-state index contributed by atoms with van der Waals surface area (Å²) in [6.45, 7) is 4.33. The van der Waals surface area contributed by atoms with Crippen molar-refractivity contribution in [3.8, 4) is 0 Å². The van der Waals surface area contributed by atoms with E-state index >= 15 is 0 Å². The summed E-state index contributed by atoms with van der Waals surface area (Å²) in [5.74, 6) is 0. The Bertz CT molecular complexity index is 305. The standard InChI is InChI=1S/C13H20N2/c1-2-3-11-4-6-13(7-5-11)15-9-8-12(14)10-15/h4-7,12H,2-3,8-10,14H2,1H3. The van der Waals surface area contributed by atoms with Crippen LogP contribution in [-0.2, 0) is 6.42 Å². The van der Waals surface area contributed by atoms with Crippen molar-refractivity contribution in [2.75, 3.05) is 18.0 Å². The van der Waals surface area contributed by atoms with Crippen molar-refractivity contribution in [2.45, 2.75) is 32.2 Å². The molecule has 0 aliphatic carbocycles. The number of rotatable bonds is 3. The molecule has 1 fully saturated rings. The number of anilines is 1. The maximum atomic E-state index is 5.90. The fourth-order valence-electron chi connectivity index (χ4n) is 2.18. The topological polar surface area (TPSA) is 29.3 Å². The van der Waals surface area contributed by atoms with Crippen molar-refractivity contribution in [3.63, 3.8) is 0 Å². The quantitative estimate of drug-likeness (QED) is 0.817. The highest BCUT2D eigenvalue weighted by Gasteiger charge is 2.18. The molecule has 1 unspecified atom stereocenters. The van der Waals surface area contributed by atoms with E-state index in [0.29, 0.717) is 6.04 Å². The Kier molecular flexibility index (Phi) is 3.27. The molecule has 1 heterocycles. The number of hydrogen-bond acceptors (Lipinski definition) is 2. The van der Waals surface area contributed by atoms with Crippen molar-refractivity contribution >= 4 is 5.69 Å². The van der Waals surface area contributed by atoms with Gasteiger partial charge in [-0.05, 0) is 30.5 Å². The van der Waals surface area contributed by atoms with Crippen LogP contribution in [0, 0.1) is 0 Å². The van der Waals surface area contributed by atoms with Crippen LogP contribution in [0.1, 0.15) is 25.3 Å². The Hall–Kier alpha value is -1.02. The van der Waals surface area contributed by atoms with Gasteiger partial charge in [0.15, 0.2) is 0 Å². The summed E-state index contributed by atoms with van der Waals surface area (Å²) in [5.41, 5.74) is 8.66. The Balaban J connectivity index is 2.03. The maximum absolute atomic E-state index is 5.90. The predicted octanol–water partition coefficient (Wildman–Crippen LogP) is 2.18. The van der Waals surface area contributed by atoms with Crippen LogP contribution in [0.15, 0.2) is 24.3 Å². The first-order valence-electron chi connectivity index (χ1n) is 5.89. The van der Waals surface area contributed by atoms with Crippen molar-refractivity contribution < 1.29 is 0 Å². The van der Waals surface area contributed by atoms with E-state index in [0.717, 1.165) is 19.5 Å². The van der Waals surface area contributed by atoms with Gasteiger partial charge in [-0.1, -0.05) is 25.5 Å². The van der Waals surface area contributed by atoms with Crippen molar-refractivity contribution in [1.29, 1.82) is 0 Å². The van der Waals surface area contributed by atoms with E-state index in [1.165, 1.54) is 24.1 Å². The van der Waals surface area contributed by atoms with Crippen LogP contribution in [0.3, 0.4) is 0 Å². The molecule has 1 aliphatic heterocycles. The van der Waals surface area contributed by atoms with Gasteiger partial charge < -0.3 is 10.6 Å². The van der Waals surface area contributed by atoms with Gasteiger partial charge in [-0.15, -0.1) is 0 Å². The largest absolute Gasteiger partial charge is 0.370 e. The summed E-state index contributed by atoms with van der Waals surface area (Å²) in [7, 11) is 0. The third kappa shape index (κ3) is 2.51. The van der Waals surface area contributed by atoms with E-state index in [-0.39, 0.29) is 0 Å². The molecule has 0 radical (unpaired) electrons. The Morgan fingerprint density at radius 1 is 1.33 bits per heavy atom. The molecular weight excluding hydrogens is 184 g/mol. The lowest BCUT2D eigenvalue weighted by atomic mass is 10.1. The van der Waals surface area contributed by atoms with Gasteiger partial charge in [-0.25, -0.2) is 0 Å². The molecule has 1 atom stereocenters. The summed E-state index contributed by atoms with van der Waals surface area (Å²) < 4.78 is 0. The average molecular weight is 204 g/mol. The van der Waals surface area contributed by atoms with Gasteiger partial charge in [0, 0.05) is 24.8 Å². The van der Waals surface area contributed by atoms with Crippen LogP contribution in [0.5, 0.6) is 0 Å². The first kappa shape index (κ1) is 10.5. The normalized spacial score (nSPS) is 20.9. The zero-order valence-corrected chi connectivity index (χ0v) is 9.45. The molecular formula is C13H20N2. The van der Waals surface area contributed by atoms with E-state index < -0.39 is 0 Å². The van der Waals surface area contributed by atoms with Gasteiger partial charge in [0.1, 0.15) is 0 Å². The minimum Gasteiger partial charge on any atom is -0.370 e. The van der Waals surface area contributed by atoms with E-state index in [1.54, 1.807) is 0 Å². The van der Waals surface area contributed by atoms with Crippen molar-refractivity contribution in [1.82, 2.24) is 0 Å². The van der Waals surface area contributed by atoms with Crippen LogP contribution < -0.4 is 10.6 Å². The molecule has 2 rings (SSSR count). The summed E-state index contributed by atoms with van der Waals surface area (Å²) in [6.07, 6.45) is 3.52. The molecule has 1 aromatic carbocycles. The number of nitrogens with zero attached hydrogens (tertiary/aromatic N) is 1. The van der Waals surface area contributed by atoms with Crippen molar-refractivity contribution in [3.05, 3.63) is 29.8 Å². The van der Waals surface area contributed by atoms with Gasteiger partial charge >= 0.3 is 0 Å². The van der Waals surface area contributed by atoms with Crippen LogP contribution in [0.25, 0.3) is 0 Å². The third-order valence-electron chi connectivity index (χ3n) is 3.06. The molecule has 0 aromatic heterocycles. The number of nitrogens with two attached hydrogens (primary N) is 1. The second-order valence-electron chi connectivity index (χ2n) is 4.41. The molecule has 0 saturated carbocycles. The molecule has 2 nitrogen and oxygen atoms in total. The van der Waals surface area contributed by atoms with Gasteiger partial charge in [0.05, 0.1) is 0 Å². The highest BCUT2D eigenvalue weighted by Crippen LogP contribution is 2.20. The third-order valence-corrected chi connectivity index (χ3v) is 3.06. The molecule has 1 aliphatic rings. The summed E-state index contributed by atoms with van der Waals surface area (Å²) in [6, 6.07) is 9.29. The fourth-order valence-corrected chi connectivity index (χ4v) is 2.18. The van der Waals surface area contributed by atoms with E-state index in [9.17, 15) is 0 Å². The predicted molar refractivity (Wildman–Crippen MR) is 65.2 cm³/mol. The van der Waals surface area contributed by atoms with Gasteiger partial charge in [0.2, 0.25) is 0 Å². The second-order valence-corrected chi connectivity index (χ2v) is 4.41. The monoisotopic (exact) mass is 204 g/mol. The van der Waals surface area contributed by atoms with Crippen LogP contribution >= 0.6 is 0 Å². The molecule has 1 saturated heterocycles. The number of aryl methyl sites for hydroxylation is 1. The van der Waals surface area contributed by atoms with Gasteiger partial charge in [0.25, 0.3) is 0 Å². The van der Waals surface area contributed by atoms with E-state index in [4.69, 9.17) is 5.73 Å². The molecule has 0 bridgehead atoms. The van der Waals surface area contributed by atoms with Gasteiger partial charge in [-0.2, -0.15) is 0 Å². The van der Waals surface area contributed by atoms with Crippen molar-refractivity contribution in [2.24, 2.45) is 5.73 Å². The summed E-state index contributed by atoms with van der Waals surface area (Å²) >= 11 is 0. The van der Waals surface area contributed by atoms with Gasteiger partial charge in [-0.3, -0.25) is 0 Å². The molecule has 2 N–H and O–H groups in total. The molecule has 1 aromatic rings. The molecule has 2 heteroatoms. The molecule has 15 heavy (non-hydrogen) atoms. The lowest BCUT2D eigenvalue weighted by molar-refractivity contribution is 0.752. The smallest absolute Gasteiger partial charge is 0.0366 e. The van der Waals surface area contributed by atoms with E-state index in [1.807, 2.05) is 0 Å². The second kappa shape index (κ2) is 4.67. The zero-order chi connectivity index (χ0) is 10.7. The Morgan fingerprint density at radius 2 is 2.07 bits per heavy atom. The number of hydrogen-bond donors (Lipinski definition) is 1. The maximum Gasteiger partial charge on any atom is 0.0366 e. The highest BCUT2D eigenvalue weighted by atomic mass is 15.2. The highest BCUT2D eigenvalue weighted by molar-refractivity contribution is 5.48. The minimum atomic E-state index is 0.361.